The number of rotatable bonds is 9. The fourth-order valence-corrected chi connectivity index (χ4v) is 1.10. The minimum Gasteiger partial charge on any atom is -0.499 e. The van der Waals surface area contributed by atoms with Gasteiger partial charge in [-0.3, -0.25) is 28.8 Å². The van der Waals surface area contributed by atoms with Gasteiger partial charge < -0.3 is 35.0 Å². The zero-order chi connectivity index (χ0) is 21.8. The first-order valence-electron chi connectivity index (χ1n) is 7.82. The Morgan fingerprint density at radius 2 is 0.714 bits per heavy atom. The molecule has 0 saturated carbocycles. The maximum Gasteiger partial charge on any atom is 3.00 e. The third-order valence-electron chi connectivity index (χ3n) is 1.97. The number of esters is 3. The molecule has 0 aromatic heterocycles. The number of hydrogen-bond donors (Lipinski definition) is 0. The van der Waals surface area contributed by atoms with E-state index in [4.69, 9.17) is 0 Å². The summed E-state index contributed by atoms with van der Waals surface area (Å²) in [6.07, 6.45) is -0.430. The fraction of sp³-hybridized carbons (Fsp3) is 0.500. The van der Waals surface area contributed by atoms with E-state index in [-0.39, 0.29) is 73.5 Å². The Morgan fingerprint density at radius 1 is 0.536 bits per heavy atom. The second-order valence-corrected chi connectivity index (χ2v) is 4.80. The Morgan fingerprint density at radius 3 is 0.821 bits per heavy atom. The van der Waals surface area contributed by atoms with Crippen LogP contribution in [0.5, 0.6) is 0 Å². The quantitative estimate of drug-likeness (QED) is 0.169. The van der Waals surface area contributed by atoms with Crippen molar-refractivity contribution in [1.82, 2.24) is 0 Å². The Balaban J connectivity index is -0.000000152. The molecular formula is C18H27FeO9. The molecule has 161 valence electrons. The number of ether oxygens (including phenoxy) is 3. The molecule has 10 heteroatoms. The molecule has 0 saturated heterocycles. The van der Waals surface area contributed by atoms with E-state index in [1.54, 1.807) is 0 Å². The van der Waals surface area contributed by atoms with Crippen LogP contribution in [0.15, 0.2) is 0 Å². The number of hydrogen-bond acceptors (Lipinski definition) is 9. The van der Waals surface area contributed by atoms with E-state index in [9.17, 15) is 28.8 Å². The summed E-state index contributed by atoms with van der Waals surface area (Å²) in [5.41, 5.74) is 0. The van der Waals surface area contributed by atoms with Crippen molar-refractivity contribution >= 4 is 35.3 Å². The average molecular weight is 443 g/mol. The van der Waals surface area contributed by atoms with Gasteiger partial charge in [0.1, 0.15) is 36.6 Å². The number of carbonyl (C=O) groups excluding carboxylic acids is 6. The van der Waals surface area contributed by atoms with Crippen molar-refractivity contribution in [2.75, 3.05) is 19.8 Å². The fourth-order valence-electron chi connectivity index (χ4n) is 1.10. The SMILES string of the molecule is [CH2-]COC(=O)CC(C)=O.[CH2-]COC(=O)CC(C)=O.[CH2-]COC(=O)CC(C)=O.[Fe+3]. The van der Waals surface area contributed by atoms with Gasteiger partial charge in [0.2, 0.25) is 0 Å². The van der Waals surface area contributed by atoms with Crippen molar-refractivity contribution in [1.29, 1.82) is 0 Å². The van der Waals surface area contributed by atoms with Crippen LogP contribution < -0.4 is 0 Å². The Kier molecular flexibility index (Phi) is 27.5. The predicted octanol–water partition coefficient (Wildman–Crippen LogP) is 1.03. The summed E-state index contributed by atoms with van der Waals surface area (Å²) in [7, 11) is 0. The summed E-state index contributed by atoms with van der Waals surface area (Å²) in [5.74, 6) is -2.07. The molecule has 0 atom stereocenters. The molecule has 0 aromatic carbocycles. The van der Waals surface area contributed by atoms with Crippen LogP contribution in [0.25, 0.3) is 0 Å². The van der Waals surface area contributed by atoms with E-state index in [2.05, 4.69) is 35.0 Å². The van der Waals surface area contributed by atoms with Gasteiger partial charge in [-0.2, -0.15) is 0 Å². The molecule has 0 aliphatic rings. The minimum absolute atomic E-state index is 0. The zero-order valence-corrected chi connectivity index (χ0v) is 17.5. The molecular weight excluding hydrogens is 416 g/mol. The number of Topliss-reactive ketones (excluding diaryl/α,β-unsaturated/α-hetero) is 3. The second-order valence-electron chi connectivity index (χ2n) is 4.80. The van der Waals surface area contributed by atoms with Crippen LogP contribution in [0.2, 0.25) is 0 Å². The molecule has 0 unspecified atom stereocenters. The summed E-state index contributed by atoms with van der Waals surface area (Å²) >= 11 is 0. The number of ketones is 3. The van der Waals surface area contributed by atoms with Crippen LogP contribution in [0.3, 0.4) is 0 Å². The molecule has 9 nitrogen and oxygen atoms in total. The molecule has 0 fully saturated rings. The van der Waals surface area contributed by atoms with Crippen molar-refractivity contribution in [2.45, 2.75) is 40.0 Å². The zero-order valence-electron chi connectivity index (χ0n) is 16.4. The summed E-state index contributed by atoms with van der Waals surface area (Å²) < 4.78 is 13.1. The van der Waals surface area contributed by atoms with E-state index < -0.39 is 17.9 Å². The molecule has 0 bridgehead atoms. The van der Waals surface area contributed by atoms with Gasteiger partial charge in [-0.05, 0) is 40.6 Å². The molecule has 0 aliphatic carbocycles. The van der Waals surface area contributed by atoms with Crippen LogP contribution in [-0.4, -0.2) is 55.1 Å². The number of carbonyl (C=O) groups is 6. The first-order chi connectivity index (χ1) is 12.5. The molecule has 0 heterocycles. The minimum atomic E-state index is -0.502. The monoisotopic (exact) mass is 443 g/mol. The van der Waals surface area contributed by atoms with Crippen molar-refractivity contribution in [3.8, 4) is 0 Å². The van der Waals surface area contributed by atoms with E-state index in [0.717, 1.165) is 0 Å². The Bertz CT molecular complexity index is 430. The van der Waals surface area contributed by atoms with Gasteiger partial charge in [-0.25, -0.2) is 0 Å². The van der Waals surface area contributed by atoms with E-state index in [0.29, 0.717) is 0 Å². The third kappa shape index (κ3) is 35.1. The first kappa shape index (κ1) is 33.5. The van der Waals surface area contributed by atoms with Crippen LogP contribution in [0.1, 0.15) is 40.0 Å². The average Bonchev–Trinajstić information content (AvgIpc) is 2.46. The van der Waals surface area contributed by atoms with Crippen LogP contribution in [0.4, 0.5) is 0 Å². The van der Waals surface area contributed by atoms with Crippen molar-refractivity contribution in [3.05, 3.63) is 20.8 Å². The van der Waals surface area contributed by atoms with E-state index >= 15 is 0 Å². The molecule has 28 heavy (non-hydrogen) atoms. The Hall–Kier alpha value is -2.06. The third-order valence-corrected chi connectivity index (χ3v) is 1.97. The molecule has 0 amide bonds. The van der Waals surface area contributed by atoms with E-state index in [1.165, 1.54) is 20.8 Å². The summed E-state index contributed by atoms with van der Waals surface area (Å²) in [4.78, 5) is 61.7. The topological polar surface area (TPSA) is 130 Å². The smallest absolute Gasteiger partial charge is 0.499 e. The molecule has 1 radical (unpaired) electrons. The van der Waals surface area contributed by atoms with Gasteiger partial charge in [0.15, 0.2) is 0 Å². The summed E-state index contributed by atoms with van der Waals surface area (Å²) in [5, 5.41) is 0. The van der Waals surface area contributed by atoms with Crippen LogP contribution in [0, 0.1) is 20.8 Å². The van der Waals surface area contributed by atoms with Crippen molar-refractivity contribution in [3.63, 3.8) is 0 Å². The maximum atomic E-state index is 10.4. The predicted molar refractivity (Wildman–Crippen MR) is 94.8 cm³/mol. The van der Waals surface area contributed by atoms with Gasteiger partial charge in [0.05, 0.1) is 0 Å². The van der Waals surface area contributed by atoms with E-state index in [1.807, 2.05) is 0 Å². The summed E-state index contributed by atoms with van der Waals surface area (Å²) in [6, 6.07) is 0. The molecule has 0 rings (SSSR count). The van der Waals surface area contributed by atoms with Crippen LogP contribution >= 0.6 is 0 Å². The van der Waals surface area contributed by atoms with Gasteiger partial charge in [-0.15, -0.1) is 0 Å². The van der Waals surface area contributed by atoms with Gasteiger partial charge in [0.25, 0.3) is 0 Å². The molecule has 0 spiro atoms. The molecule has 0 N–H and O–H groups in total. The second kappa shape index (κ2) is 23.0. The van der Waals surface area contributed by atoms with Crippen molar-refractivity contribution in [2.24, 2.45) is 0 Å². The standard InChI is InChI=1S/3C6H9O3.Fe/c3*1-3-9-6(8)4-5(2)7;/h3*1,3-4H2,2H3;/q3*-1;+3. The largest absolute Gasteiger partial charge is 3.00 e. The molecule has 0 aliphatic heterocycles. The van der Waals surface area contributed by atoms with Crippen molar-refractivity contribution < 1.29 is 60.0 Å². The normalized spacial score (nSPS) is 8.36. The Labute approximate surface area is 176 Å². The first-order valence-corrected chi connectivity index (χ1v) is 7.82. The maximum absolute atomic E-state index is 10.4. The van der Waals surface area contributed by atoms with Crippen LogP contribution in [-0.2, 0) is 60.0 Å². The van der Waals surface area contributed by atoms with Gasteiger partial charge >= 0.3 is 35.0 Å². The molecule has 0 aromatic rings. The summed E-state index contributed by atoms with van der Waals surface area (Å²) in [6.45, 7) is 14.1. The van der Waals surface area contributed by atoms with Gasteiger partial charge in [0, 0.05) is 0 Å². The van der Waals surface area contributed by atoms with Gasteiger partial charge in [-0.1, -0.05) is 0 Å².